The van der Waals surface area contributed by atoms with Crippen molar-refractivity contribution in [2.75, 3.05) is 19.6 Å². The lowest BCUT2D eigenvalue weighted by Gasteiger charge is -2.34. The van der Waals surface area contributed by atoms with E-state index in [1.54, 1.807) is 6.92 Å². The lowest BCUT2D eigenvalue weighted by atomic mass is 9.94. The van der Waals surface area contributed by atoms with E-state index >= 15 is 0 Å². The summed E-state index contributed by atoms with van der Waals surface area (Å²) in [6, 6.07) is -0.442. The van der Waals surface area contributed by atoms with Crippen LogP contribution in [0.25, 0.3) is 0 Å². The minimum atomic E-state index is -0.442. The van der Waals surface area contributed by atoms with E-state index in [2.05, 4.69) is 5.32 Å². The number of carbonyl (C=O) groups excluding carboxylic acids is 2. The lowest BCUT2D eigenvalue weighted by Crippen LogP contribution is -2.49. The van der Waals surface area contributed by atoms with E-state index in [9.17, 15) is 9.59 Å². The highest BCUT2D eigenvalue weighted by Gasteiger charge is 2.27. The smallest absolute Gasteiger partial charge is 0.239 e. The fourth-order valence-electron chi connectivity index (χ4n) is 2.22. The summed E-state index contributed by atoms with van der Waals surface area (Å²) in [6.07, 6.45) is 2.03. The van der Waals surface area contributed by atoms with Crippen LogP contribution in [0.2, 0.25) is 0 Å². The predicted molar refractivity (Wildman–Crippen MR) is 75.4 cm³/mol. The topological polar surface area (TPSA) is 75.4 Å². The maximum absolute atomic E-state index is 11.9. The number of hydrogen-bond donors (Lipinski definition) is 2. The quantitative estimate of drug-likeness (QED) is 0.793. The Kier molecular flexibility index (Phi) is 5.35. The summed E-state index contributed by atoms with van der Waals surface area (Å²) in [5, 5.41) is 2.97. The van der Waals surface area contributed by atoms with Crippen LogP contribution in [0, 0.1) is 11.3 Å². The van der Waals surface area contributed by atoms with Gasteiger partial charge in [-0.15, -0.1) is 0 Å². The van der Waals surface area contributed by atoms with Crippen molar-refractivity contribution in [3.8, 4) is 0 Å². The summed E-state index contributed by atoms with van der Waals surface area (Å²) < 4.78 is 0. The average Bonchev–Trinajstić information content (AvgIpc) is 2.34. The van der Waals surface area contributed by atoms with Crippen molar-refractivity contribution in [2.45, 2.75) is 46.6 Å². The van der Waals surface area contributed by atoms with Crippen molar-refractivity contribution in [2.24, 2.45) is 17.1 Å². The number of carbonyl (C=O) groups is 2. The van der Waals surface area contributed by atoms with Gasteiger partial charge >= 0.3 is 0 Å². The highest BCUT2D eigenvalue weighted by molar-refractivity contribution is 5.82. The van der Waals surface area contributed by atoms with Gasteiger partial charge in [-0.2, -0.15) is 0 Å². The number of hydrogen-bond acceptors (Lipinski definition) is 3. The summed E-state index contributed by atoms with van der Waals surface area (Å²) in [5.74, 6) is 0.401. The number of amides is 2. The molecule has 0 aromatic rings. The van der Waals surface area contributed by atoms with Gasteiger partial charge in [-0.3, -0.25) is 9.59 Å². The van der Waals surface area contributed by atoms with Crippen LogP contribution < -0.4 is 11.1 Å². The maximum atomic E-state index is 11.9. The van der Waals surface area contributed by atoms with Gasteiger partial charge in [0, 0.05) is 25.0 Å². The van der Waals surface area contributed by atoms with Crippen molar-refractivity contribution in [1.29, 1.82) is 0 Å². The molecule has 0 aromatic carbocycles. The molecule has 3 N–H and O–H groups in total. The number of nitrogens with zero attached hydrogens (tertiary/aromatic N) is 1. The molecule has 1 fully saturated rings. The zero-order chi connectivity index (χ0) is 14.6. The Balaban J connectivity index is 2.44. The first-order valence-electron chi connectivity index (χ1n) is 7.04. The molecule has 5 heteroatoms. The van der Waals surface area contributed by atoms with Crippen LogP contribution in [-0.4, -0.2) is 42.4 Å². The van der Waals surface area contributed by atoms with Gasteiger partial charge in [0.2, 0.25) is 11.8 Å². The van der Waals surface area contributed by atoms with Crippen LogP contribution in [0.3, 0.4) is 0 Å². The van der Waals surface area contributed by atoms with Crippen LogP contribution in [0.4, 0.5) is 0 Å². The molecule has 1 aliphatic heterocycles. The molecule has 0 bridgehead atoms. The molecule has 110 valence electrons. The first-order valence-corrected chi connectivity index (χ1v) is 7.04. The minimum absolute atomic E-state index is 0.00634. The number of piperidine rings is 1. The van der Waals surface area contributed by atoms with E-state index in [0.717, 1.165) is 19.4 Å². The zero-order valence-corrected chi connectivity index (χ0v) is 12.5. The third-order valence-corrected chi connectivity index (χ3v) is 3.45. The van der Waals surface area contributed by atoms with Gasteiger partial charge < -0.3 is 16.0 Å². The summed E-state index contributed by atoms with van der Waals surface area (Å²) >= 11 is 0. The molecule has 2 amide bonds. The molecular weight excluding hydrogens is 242 g/mol. The van der Waals surface area contributed by atoms with E-state index in [4.69, 9.17) is 5.73 Å². The van der Waals surface area contributed by atoms with Crippen molar-refractivity contribution < 1.29 is 9.59 Å². The summed E-state index contributed by atoms with van der Waals surface area (Å²) in [6.45, 7) is 9.53. The molecule has 1 aliphatic rings. The Labute approximate surface area is 115 Å². The second-order valence-electron chi connectivity index (χ2n) is 6.54. The van der Waals surface area contributed by atoms with E-state index in [1.807, 2.05) is 25.7 Å². The summed E-state index contributed by atoms with van der Waals surface area (Å²) in [7, 11) is 0. The number of likely N-dealkylation sites (tertiary alicyclic amines) is 1. The molecule has 0 aromatic heterocycles. The first kappa shape index (κ1) is 16.0. The second-order valence-corrected chi connectivity index (χ2v) is 6.54. The molecule has 19 heavy (non-hydrogen) atoms. The van der Waals surface area contributed by atoms with Gasteiger partial charge in [-0.1, -0.05) is 20.8 Å². The Morgan fingerprint density at radius 3 is 2.58 bits per heavy atom. The second kappa shape index (κ2) is 6.37. The molecule has 2 atom stereocenters. The Hall–Kier alpha value is -1.10. The first-order chi connectivity index (χ1) is 8.71. The van der Waals surface area contributed by atoms with Crippen molar-refractivity contribution in [3.63, 3.8) is 0 Å². The van der Waals surface area contributed by atoms with E-state index in [0.29, 0.717) is 19.0 Å². The third-order valence-electron chi connectivity index (χ3n) is 3.45. The normalized spacial score (nSPS) is 21.9. The molecule has 0 radical (unpaired) electrons. The van der Waals surface area contributed by atoms with Gasteiger partial charge in [-0.25, -0.2) is 0 Å². The molecular formula is C14H27N3O2. The molecule has 0 spiro atoms. The number of nitrogens with two attached hydrogens (primary N) is 1. The lowest BCUT2D eigenvalue weighted by molar-refractivity contribution is -0.134. The Morgan fingerprint density at radius 2 is 2.05 bits per heavy atom. The van der Waals surface area contributed by atoms with Crippen LogP contribution in [-0.2, 0) is 9.59 Å². The van der Waals surface area contributed by atoms with E-state index < -0.39 is 6.04 Å². The minimum Gasteiger partial charge on any atom is -0.355 e. The van der Waals surface area contributed by atoms with Crippen LogP contribution in [0.1, 0.15) is 40.5 Å². The fraction of sp³-hybridized carbons (Fsp3) is 0.857. The number of nitrogens with one attached hydrogen (secondary N) is 1. The maximum Gasteiger partial charge on any atom is 0.239 e. The fourth-order valence-corrected chi connectivity index (χ4v) is 2.22. The van der Waals surface area contributed by atoms with Gasteiger partial charge in [0.25, 0.3) is 0 Å². The molecule has 1 saturated heterocycles. The zero-order valence-electron chi connectivity index (χ0n) is 12.5. The predicted octanol–water partition coefficient (Wildman–Crippen LogP) is 0.734. The van der Waals surface area contributed by atoms with Crippen molar-refractivity contribution in [3.05, 3.63) is 0 Å². The van der Waals surface area contributed by atoms with Gasteiger partial charge in [0.15, 0.2) is 0 Å². The van der Waals surface area contributed by atoms with E-state index in [-0.39, 0.29) is 17.2 Å². The highest BCUT2D eigenvalue weighted by Crippen LogP contribution is 2.18. The SMILES string of the molecule is C[C@@H](N)C(=O)N1CCCC(CNC(=O)C(C)(C)C)C1. The molecule has 1 unspecified atom stereocenters. The van der Waals surface area contributed by atoms with Crippen molar-refractivity contribution in [1.82, 2.24) is 10.2 Å². The van der Waals surface area contributed by atoms with Gasteiger partial charge in [0.1, 0.15) is 0 Å². The van der Waals surface area contributed by atoms with Crippen LogP contribution in [0.5, 0.6) is 0 Å². The molecule has 0 aliphatic carbocycles. The molecule has 1 heterocycles. The Morgan fingerprint density at radius 1 is 1.42 bits per heavy atom. The van der Waals surface area contributed by atoms with Crippen molar-refractivity contribution >= 4 is 11.8 Å². The summed E-state index contributed by atoms with van der Waals surface area (Å²) in [4.78, 5) is 25.5. The van der Waals surface area contributed by atoms with Gasteiger partial charge in [0.05, 0.1) is 6.04 Å². The monoisotopic (exact) mass is 269 g/mol. The highest BCUT2D eigenvalue weighted by atomic mass is 16.2. The molecule has 5 nitrogen and oxygen atoms in total. The Bertz CT molecular complexity index is 334. The summed E-state index contributed by atoms with van der Waals surface area (Å²) in [5.41, 5.74) is 5.27. The average molecular weight is 269 g/mol. The van der Waals surface area contributed by atoms with E-state index in [1.165, 1.54) is 0 Å². The van der Waals surface area contributed by atoms with Crippen LogP contribution in [0.15, 0.2) is 0 Å². The molecule has 1 rings (SSSR count). The standard InChI is InChI=1S/C14H27N3O2/c1-10(15)12(18)17-7-5-6-11(9-17)8-16-13(19)14(2,3)4/h10-11H,5-9,15H2,1-4H3,(H,16,19)/t10-,11?/m1/s1. The number of rotatable bonds is 3. The largest absolute Gasteiger partial charge is 0.355 e. The molecule has 0 saturated carbocycles. The van der Waals surface area contributed by atoms with Gasteiger partial charge in [-0.05, 0) is 25.7 Å². The third kappa shape index (κ3) is 4.82. The van der Waals surface area contributed by atoms with Crippen LogP contribution >= 0.6 is 0 Å².